The van der Waals surface area contributed by atoms with Gasteiger partial charge in [0.05, 0.1) is 6.04 Å². The van der Waals surface area contributed by atoms with Crippen LogP contribution >= 0.6 is 0 Å². The number of hydrogen-bond acceptors (Lipinski definition) is 2. The standard InChI is InChI=1S/C11H21F3N2O/c1-10(2,3)8(15)9(17)16-7-5-4-6-11(12,13)14/h8H,4-7,15H2,1-3H3,(H,16,17)/t8-/m1/s1. The molecule has 0 unspecified atom stereocenters. The van der Waals surface area contributed by atoms with Crippen molar-refractivity contribution in [2.24, 2.45) is 11.1 Å². The van der Waals surface area contributed by atoms with Crippen LogP contribution in [-0.2, 0) is 4.79 Å². The first-order valence-electron chi connectivity index (χ1n) is 5.64. The molecular weight excluding hydrogens is 233 g/mol. The summed E-state index contributed by atoms with van der Waals surface area (Å²) in [5.41, 5.74) is 5.34. The number of alkyl halides is 3. The normalized spacial score (nSPS) is 14.5. The molecule has 0 aliphatic carbocycles. The zero-order valence-corrected chi connectivity index (χ0v) is 10.5. The molecule has 3 nitrogen and oxygen atoms in total. The zero-order valence-electron chi connectivity index (χ0n) is 10.5. The molecule has 0 fully saturated rings. The number of nitrogens with two attached hydrogens (primary N) is 1. The predicted octanol–water partition coefficient (Wildman–Crippen LogP) is 2.21. The summed E-state index contributed by atoms with van der Waals surface area (Å²) in [7, 11) is 0. The van der Waals surface area contributed by atoms with Crippen LogP contribution < -0.4 is 11.1 Å². The molecule has 17 heavy (non-hydrogen) atoms. The number of amides is 1. The average Bonchev–Trinajstić information content (AvgIpc) is 2.12. The summed E-state index contributed by atoms with van der Waals surface area (Å²) in [5.74, 6) is -0.315. The highest BCUT2D eigenvalue weighted by atomic mass is 19.4. The molecule has 0 aliphatic heterocycles. The second kappa shape index (κ2) is 6.23. The highest BCUT2D eigenvalue weighted by Crippen LogP contribution is 2.22. The number of rotatable bonds is 5. The third kappa shape index (κ3) is 8.01. The summed E-state index contributed by atoms with van der Waals surface area (Å²) in [6, 6.07) is -0.648. The van der Waals surface area contributed by atoms with Crippen molar-refractivity contribution in [2.45, 2.75) is 52.3 Å². The quantitative estimate of drug-likeness (QED) is 0.739. The lowest BCUT2D eigenvalue weighted by Crippen LogP contribution is -2.48. The maximum absolute atomic E-state index is 11.8. The van der Waals surface area contributed by atoms with Crippen LogP contribution in [0.1, 0.15) is 40.0 Å². The van der Waals surface area contributed by atoms with Crippen molar-refractivity contribution in [3.63, 3.8) is 0 Å². The topological polar surface area (TPSA) is 55.1 Å². The van der Waals surface area contributed by atoms with Crippen LogP contribution in [-0.4, -0.2) is 24.7 Å². The summed E-state index contributed by atoms with van der Waals surface area (Å²) in [5, 5.41) is 2.54. The van der Waals surface area contributed by atoms with Gasteiger partial charge in [0.15, 0.2) is 0 Å². The number of hydrogen-bond donors (Lipinski definition) is 2. The van der Waals surface area contributed by atoms with Crippen LogP contribution in [0.15, 0.2) is 0 Å². The van der Waals surface area contributed by atoms with E-state index in [0.29, 0.717) is 6.42 Å². The van der Waals surface area contributed by atoms with Gasteiger partial charge in [0.2, 0.25) is 5.91 Å². The van der Waals surface area contributed by atoms with Crippen molar-refractivity contribution >= 4 is 5.91 Å². The van der Waals surface area contributed by atoms with Gasteiger partial charge >= 0.3 is 6.18 Å². The molecule has 0 bridgehead atoms. The minimum atomic E-state index is -4.12. The average molecular weight is 254 g/mol. The number of unbranched alkanes of at least 4 members (excludes halogenated alkanes) is 1. The van der Waals surface area contributed by atoms with Gasteiger partial charge in [-0.15, -0.1) is 0 Å². The fraction of sp³-hybridized carbons (Fsp3) is 0.909. The lowest BCUT2D eigenvalue weighted by Gasteiger charge is -2.25. The van der Waals surface area contributed by atoms with Gasteiger partial charge in [0.25, 0.3) is 0 Å². The maximum Gasteiger partial charge on any atom is 0.389 e. The Kier molecular flexibility index (Phi) is 5.95. The Morgan fingerprint density at radius 3 is 2.18 bits per heavy atom. The fourth-order valence-corrected chi connectivity index (χ4v) is 1.17. The Morgan fingerprint density at radius 2 is 1.76 bits per heavy atom. The van der Waals surface area contributed by atoms with Crippen molar-refractivity contribution in [1.29, 1.82) is 0 Å². The zero-order chi connectivity index (χ0) is 13.7. The summed E-state index contributed by atoms with van der Waals surface area (Å²) < 4.78 is 35.5. The van der Waals surface area contributed by atoms with Gasteiger partial charge < -0.3 is 11.1 Å². The highest BCUT2D eigenvalue weighted by Gasteiger charge is 2.28. The van der Waals surface area contributed by atoms with Crippen molar-refractivity contribution in [2.75, 3.05) is 6.54 Å². The molecule has 1 atom stereocenters. The molecule has 0 aromatic heterocycles. The van der Waals surface area contributed by atoms with E-state index in [9.17, 15) is 18.0 Å². The Labute approximate surface area is 99.9 Å². The minimum Gasteiger partial charge on any atom is -0.355 e. The first kappa shape index (κ1) is 16.2. The number of halogens is 3. The summed E-state index contributed by atoms with van der Waals surface area (Å²) in [6.07, 6.45) is -4.60. The van der Waals surface area contributed by atoms with Gasteiger partial charge in [-0.1, -0.05) is 20.8 Å². The molecule has 0 saturated heterocycles. The highest BCUT2D eigenvalue weighted by molar-refractivity contribution is 5.82. The molecule has 3 N–H and O–H groups in total. The minimum absolute atomic E-state index is 0.0224. The smallest absolute Gasteiger partial charge is 0.355 e. The summed E-state index contributed by atoms with van der Waals surface area (Å²) >= 11 is 0. The van der Waals surface area contributed by atoms with E-state index < -0.39 is 18.6 Å². The Morgan fingerprint density at radius 1 is 1.24 bits per heavy atom. The fourth-order valence-electron chi connectivity index (χ4n) is 1.17. The van der Waals surface area contributed by atoms with Gasteiger partial charge in [-0.25, -0.2) is 0 Å². The maximum atomic E-state index is 11.8. The molecule has 0 saturated carbocycles. The van der Waals surface area contributed by atoms with E-state index in [-0.39, 0.29) is 24.3 Å². The van der Waals surface area contributed by atoms with Crippen LogP contribution in [0.2, 0.25) is 0 Å². The van der Waals surface area contributed by atoms with E-state index in [2.05, 4.69) is 5.32 Å². The third-order valence-electron chi connectivity index (χ3n) is 2.40. The Bertz CT molecular complexity index is 246. The van der Waals surface area contributed by atoms with Crippen LogP contribution in [0.4, 0.5) is 13.2 Å². The van der Waals surface area contributed by atoms with Crippen LogP contribution in [0, 0.1) is 5.41 Å². The Hall–Kier alpha value is -0.780. The molecule has 0 rings (SSSR count). The molecular formula is C11H21F3N2O. The van der Waals surface area contributed by atoms with Crippen molar-refractivity contribution in [1.82, 2.24) is 5.32 Å². The van der Waals surface area contributed by atoms with E-state index >= 15 is 0 Å². The molecule has 0 aromatic rings. The lowest BCUT2D eigenvalue weighted by atomic mass is 9.87. The van der Waals surface area contributed by atoms with Crippen LogP contribution in [0.25, 0.3) is 0 Å². The van der Waals surface area contributed by atoms with E-state index in [4.69, 9.17) is 5.73 Å². The largest absolute Gasteiger partial charge is 0.389 e. The number of nitrogens with one attached hydrogen (secondary N) is 1. The monoisotopic (exact) mass is 254 g/mol. The van der Waals surface area contributed by atoms with Crippen molar-refractivity contribution in [3.8, 4) is 0 Å². The van der Waals surface area contributed by atoms with Crippen molar-refractivity contribution < 1.29 is 18.0 Å². The van der Waals surface area contributed by atoms with Gasteiger partial charge in [0, 0.05) is 13.0 Å². The number of carbonyl (C=O) groups excluding carboxylic acids is 1. The molecule has 0 heterocycles. The van der Waals surface area contributed by atoms with Gasteiger partial charge in [-0.3, -0.25) is 4.79 Å². The van der Waals surface area contributed by atoms with E-state index in [1.807, 2.05) is 20.8 Å². The van der Waals surface area contributed by atoms with Crippen LogP contribution in [0.3, 0.4) is 0 Å². The molecule has 1 amide bonds. The SMILES string of the molecule is CC(C)(C)[C@H](N)C(=O)NCCCCC(F)(F)F. The number of carbonyl (C=O) groups is 1. The second-order valence-corrected chi connectivity index (χ2v) is 5.21. The molecule has 0 radical (unpaired) electrons. The van der Waals surface area contributed by atoms with Crippen molar-refractivity contribution in [3.05, 3.63) is 0 Å². The third-order valence-corrected chi connectivity index (χ3v) is 2.40. The summed E-state index contributed by atoms with van der Waals surface area (Å²) in [6.45, 7) is 5.74. The first-order chi connectivity index (χ1) is 7.54. The van der Waals surface area contributed by atoms with Gasteiger partial charge in [-0.05, 0) is 18.3 Å². The molecule has 0 aromatic carbocycles. The van der Waals surface area contributed by atoms with E-state index in [0.717, 1.165) is 0 Å². The Balaban J connectivity index is 3.73. The second-order valence-electron chi connectivity index (χ2n) is 5.21. The van der Waals surface area contributed by atoms with Gasteiger partial charge in [-0.2, -0.15) is 13.2 Å². The van der Waals surface area contributed by atoms with Crippen LogP contribution in [0.5, 0.6) is 0 Å². The summed E-state index contributed by atoms with van der Waals surface area (Å²) in [4.78, 5) is 11.5. The lowest BCUT2D eigenvalue weighted by molar-refractivity contribution is -0.135. The molecule has 0 spiro atoms. The molecule has 6 heteroatoms. The van der Waals surface area contributed by atoms with E-state index in [1.54, 1.807) is 0 Å². The van der Waals surface area contributed by atoms with Gasteiger partial charge in [0.1, 0.15) is 0 Å². The first-order valence-corrected chi connectivity index (χ1v) is 5.64. The predicted molar refractivity (Wildman–Crippen MR) is 60.3 cm³/mol. The van der Waals surface area contributed by atoms with E-state index in [1.165, 1.54) is 0 Å². The molecule has 102 valence electrons. The molecule has 0 aliphatic rings.